The predicted molar refractivity (Wildman–Crippen MR) is 125 cm³/mol. The Balaban J connectivity index is 1.69. The second-order valence-corrected chi connectivity index (χ2v) is 8.99. The molecule has 0 atom stereocenters. The Morgan fingerprint density at radius 1 is 1.23 bits per heavy atom. The fraction of sp³-hybridized carbons (Fsp3) is 0.273. The fourth-order valence-electron chi connectivity index (χ4n) is 3.05. The van der Waals surface area contributed by atoms with E-state index in [1.54, 1.807) is 23.0 Å². The third kappa shape index (κ3) is 5.78. The average molecular weight is 511 g/mol. The Kier molecular flexibility index (Phi) is 7.45. The van der Waals surface area contributed by atoms with Crippen molar-refractivity contribution in [2.45, 2.75) is 39.7 Å². The molecule has 1 N–H and O–H groups in total. The maximum Gasteiger partial charge on any atom is 0.226 e. The Morgan fingerprint density at radius 3 is 2.53 bits per heavy atom. The molecule has 0 saturated carbocycles. The third-order valence-electron chi connectivity index (χ3n) is 4.54. The molecule has 0 saturated heterocycles. The van der Waals surface area contributed by atoms with Crippen LogP contribution in [-0.4, -0.2) is 15.7 Å². The summed E-state index contributed by atoms with van der Waals surface area (Å²) in [6.07, 6.45) is 3.75. The summed E-state index contributed by atoms with van der Waals surface area (Å²) in [5.74, 6) is 1.23. The summed E-state index contributed by atoms with van der Waals surface area (Å²) in [6, 6.07) is 9.15. The van der Waals surface area contributed by atoms with Crippen LogP contribution in [0.4, 0.5) is 5.69 Å². The van der Waals surface area contributed by atoms with Crippen LogP contribution in [-0.2, 0) is 11.3 Å². The lowest BCUT2D eigenvalue weighted by Gasteiger charge is -2.15. The number of amides is 1. The number of hydrogen-bond acceptors (Lipinski definition) is 3. The molecule has 1 heterocycles. The van der Waals surface area contributed by atoms with Gasteiger partial charge in [-0.25, -0.2) is 0 Å². The summed E-state index contributed by atoms with van der Waals surface area (Å²) in [7, 11) is 0. The van der Waals surface area contributed by atoms with E-state index in [0.717, 1.165) is 4.47 Å². The molecule has 0 unspecified atom stereocenters. The third-order valence-corrected chi connectivity index (χ3v) is 5.52. The van der Waals surface area contributed by atoms with Gasteiger partial charge in [-0.3, -0.25) is 9.48 Å². The molecule has 158 valence electrons. The largest absolute Gasteiger partial charge is 0.454 e. The van der Waals surface area contributed by atoms with E-state index in [1.165, 1.54) is 11.1 Å². The second kappa shape index (κ2) is 9.86. The van der Waals surface area contributed by atoms with Gasteiger partial charge in [0.25, 0.3) is 0 Å². The minimum absolute atomic E-state index is 0.164. The summed E-state index contributed by atoms with van der Waals surface area (Å²) in [5.41, 5.74) is 2.92. The van der Waals surface area contributed by atoms with Crippen LogP contribution in [0.1, 0.15) is 37.3 Å². The van der Waals surface area contributed by atoms with Gasteiger partial charge in [-0.15, -0.1) is 0 Å². The zero-order valence-electron chi connectivity index (χ0n) is 16.9. The van der Waals surface area contributed by atoms with E-state index in [4.69, 9.17) is 27.9 Å². The number of carbonyl (C=O) groups is 1. The monoisotopic (exact) mass is 509 g/mol. The first kappa shape index (κ1) is 22.7. The van der Waals surface area contributed by atoms with Gasteiger partial charge in [0.15, 0.2) is 5.75 Å². The molecule has 0 aliphatic heterocycles. The van der Waals surface area contributed by atoms with Crippen molar-refractivity contribution in [1.29, 1.82) is 0 Å². The Hall–Kier alpha value is -2.02. The predicted octanol–water partition coefficient (Wildman–Crippen LogP) is 7.21. The highest BCUT2D eigenvalue weighted by molar-refractivity contribution is 9.10. The number of halogens is 3. The number of nitrogens with one attached hydrogen (secondary N) is 1. The van der Waals surface area contributed by atoms with E-state index in [1.807, 2.05) is 24.4 Å². The van der Waals surface area contributed by atoms with Crippen molar-refractivity contribution in [3.63, 3.8) is 0 Å². The maximum absolute atomic E-state index is 12.2. The van der Waals surface area contributed by atoms with Crippen LogP contribution in [0.2, 0.25) is 10.0 Å². The maximum atomic E-state index is 12.2. The highest BCUT2D eigenvalue weighted by atomic mass is 79.9. The summed E-state index contributed by atoms with van der Waals surface area (Å²) in [4.78, 5) is 12.2. The molecule has 2 aromatic carbocycles. The van der Waals surface area contributed by atoms with Crippen molar-refractivity contribution in [2.75, 3.05) is 5.32 Å². The number of carbonyl (C=O) groups excluding carboxylic acids is 1. The molecule has 1 aromatic heterocycles. The molecule has 1 amide bonds. The summed E-state index contributed by atoms with van der Waals surface area (Å²) in [5, 5.41) is 7.57. The average Bonchev–Trinajstić information content (AvgIpc) is 3.09. The number of aromatic nitrogens is 2. The molecule has 0 spiro atoms. The highest BCUT2D eigenvalue weighted by Gasteiger charge is 2.14. The van der Waals surface area contributed by atoms with E-state index >= 15 is 0 Å². The van der Waals surface area contributed by atoms with Crippen LogP contribution in [0.25, 0.3) is 0 Å². The van der Waals surface area contributed by atoms with Gasteiger partial charge in [0.05, 0.1) is 20.7 Å². The molecular weight excluding hydrogens is 489 g/mol. The molecular formula is C22H22BrCl2N3O2. The molecule has 5 nitrogen and oxygen atoms in total. The van der Waals surface area contributed by atoms with Crippen molar-refractivity contribution >= 4 is 50.7 Å². The van der Waals surface area contributed by atoms with Gasteiger partial charge in [-0.1, -0.05) is 43.1 Å². The van der Waals surface area contributed by atoms with E-state index in [-0.39, 0.29) is 12.3 Å². The zero-order chi connectivity index (χ0) is 21.8. The highest BCUT2D eigenvalue weighted by Crippen LogP contribution is 2.39. The molecule has 0 fully saturated rings. The topological polar surface area (TPSA) is 56.1 Å². The molecule has 0 radical (unpaired) electrons. The van der Waals surface area contributed by atoms with Crippen LogP contribution in [0, 0.1) is 6.92 Å². The van der Waals surface area contributed by atoms with Crippen LogP contribution >= 0.6 is 39.1 Å². The molecule has 0 aliphatic rings. The van der Waals surface area contributed by atoms with Crippen molar-refractivity contribution in [2.24, 2.45) is 0 Å². The van der Waals surface area contributed by atoms with Crippen molar-refractivity contribution in [1.82, 2.24) is 9.78 Å². The first-order chi connectivity index (χ1) is 14.2. The van der Waals surface area contributed by atoms with Gasteiger partial charge in [-0.05, 0) is 64.2 Å². The van der Waals surface area contributed by atoms with Gasteiger partial charge in [0.1, 0.15) is 5.75 Å². The number of anilines is 1. The molecule has 0 bridgehead atoms. The smallest absolute Gasteiger partial charge is 0.226 e. The van der Waals surface area contributed by atoms with E-state index in [2.05, 4.69) is 47.1 Å². The van der Waals surface area contributed by atoms with Gasteiger partial charge in [0.2, 0.25) is 5.91 Å². The first-order valence-electron chi connectivity index (χ1n) is 9.48. The molecule has 0 aliphatic carbocycles. The van der Waals surface area contributed by atoms with Crippen molar-refractivity contribution in [3.8, 4) is 11.5 Å². The second-order valence-electron chi connectivity index (χ2n) is 7.26. The summed E-state index contributed by atoms with van der Waals surface area (Å²) in [6.45, 7) is 6.80. The number of nitrogens with zero attached hydrogens (tertiary/aromatic N) is 2. The lowest BCUT2D eigenvalue weighted by Crippen LogP contribution is -2.14. The summed E-state index contributed by atoms with van der Waals surface area (Å²) < 4.78 is 8.52. The Bertz CT molecular complexity index is 1040. The van der Waals surface area contributed by atoms with Gasteiger partial charge in [-0.2, -0.15) is 5.10 Å². The van der Waals surface area contributed by atoms with E-state index in [0.29, 0.717) is 39.7 Å². The van der Waals surface area contributed by atoms with Crippen LogP contribution in [0.15, 0.2) is 47.2 Å². The minimum atomic E-state index is -0.164. The number of benzene rings is 2. The number of ether oxygens (including phenoxy) is 1. The normalized spacial score (nSPS) is 11.0. The summed E-state index contributed by atoms with van der Waals surface area (Å²) >= 11 is 16.1. The van der Waals surface area contributed by atoms with Crippen LogP contribution < -0.4 is 10.1 Å². The lowest BCUT2D eigenvalue weighted by molar-refractivity contribution is -0.116. The van der Waals surface area contributed by atoms with Gasteiger partial charge >= 0.3 is 0 Å². The zero-order valence-corrected chi connectivity index (χ0v) is 20.0. The number of hydrogen-bond donors (Lipinski definition) is 1. The molecule has 30 heavy (non-hydrogen) atoms. The number of aryl methyl sites for hydroxylation is 2. The van der Waals surface area contributed by atoms with Crippen LogP contribution in [0.5, 0.6) is 11.5 Å². The van der Waals surface area contributed by atoms with Crippen molar-refractivity contribution < 1.29 is 9.53 Å². The Morgan fingerprint density at radius 2 is 1.93 bits per heavy atom. The number of rotatable bonds is 7. The van der Waals surface area contributed by atoms with Crippen molar-refractivity contribution in [3.05, 3.63) is 68.4 Å². The lowest BCUT2D eigenvalue weighted by atomic mass is 9.98. The van der Waals surface area contributed by atoms with Gasteiger partial charge < -0.3 is 10.1 Å². The SMILES string of the molecule is Cc1ccc(Oc2c(Cl)cc(NC(=O)CCn3cc(Br)cn3)cc2Cl)cc1C(C)C. The molecule has 8 heteroatoms. The first-order valence-corrected chi connectivity index (χ1v) is 11.0. The fourth-order valence-corrected chi connectivity index (χ4v) is 3.94. The molecule has 3 aromatic rings. The van der Waals surface area contributed by atoms with E-state index < -0.39 is 0 Å². The van der Waals surface area contributed by atoms with E-state index in [9.17, 15) is 4.79 Å². The molecule has 3 rings (SSSR count). The Labute approximate surface area is 194 Å². The standard InChI is InChI=1S/C22H22BrCl2N3O2/c1-13(2)18-10-17(5-4-14(18)3)30-22-19(24)8-16(9-20(22)25)27-21(29)6-7-28-12-15(23)11-26-28/h4-5,8-13H,6-7H2,1-3H3,(H,27,29). The quantitative estimate of drug-likeness (QED) is 0.365. The van der Waals surface area contributed by atoms with Gasteiger partial charge in [0, 0.05) is 24.8 Å². The van der Waals surface area contributed by atoms with Crippen LogP contribution in [0.3, 0.4) is 0 Å². The minimum Gasteiger partial charge on any atom is -0.454 e.